The van der Waals surface area contributed by atoms with E-state index in [1.54, 1.807) is 23.1 Å². The third-order valence-electron chi connectivity index (χ3n) is 3.37. The normalized spacial score (nSPS) is 18.2. The van der Waals surface area contributed by atoms with Gasteiger partial charge in [0.1, 0.15) is 11.6 Å². The average Bonchev–Trinajstić information content (AvgIpc) is 2.53. The van der Waals surface area contributed by atoms with Gasteiger partial charge in [0, 0.05) is 37.1 Å². The Labute approximate surface area is 131 Å². The summed E-state index contributed by atoms with van der Waals surface area (Å²) < 4.78 is 0. The highest BCUT2D eigenvalue weighted by Gasteiger charge is 2.22. The Morgan fingerprint density at radius 2 is 1.95 bits per heavy atom. The molecular weight excluding hydrogens is 280 g/mol. The zero-order valence-electron chi connectivity index (χ0n) is 13.2. The topological polar surface area (TPSA) is 102 Å². The van der Waals surface area contributed by atoms with Gasteiger partial charge in [0.05, 0.1) is 0 Å². The van der Waals surface area contributed by atoms with Crippen molar-refractivity contribution in [1.29, 1.82) is 0 Å². The fourth-order valence-corrected chi connectivity index (χ4v) is 2.20. The van der Waals surface area contributed by atoms with E-state index in [9.17, 15) is 9.59 Å². The molecule has 0 spiro atoms. The van der Waals surface area contributed by atoms with Gasteiger partial charge in [-0.2, -0.15) is 5.10 Å². The first-order valence-corrected chi connectivity index (χ1v) is 7.42. The Hall–Kier alpha value is -2.37. The molecule has 0 unspecified atom stereocenters. The van der Waals surface area contributed by atoms with Crippen LogP contribution in [-0.4, -0.2) is 35.5 Å². The molecule has 0 aliphatic carbocycles. The van der Waals surface area contributed by atoms with Crippen molar-refractivity contribution in [2.45, 2.75) is 33.1 Å². The number of carbonyl (C=O) groups excluding carboxylic acids is 2. The molecule has 0 bridgehead atoms. The summed E-state index contributed by atoms with van der Waals surface area (Å²) in [5.41, 5.74) is 6.89. The molecule has 6 nitrogen and oxygen atoms in total. The number of hydrogen-bond acceptors (Lipinski definition) is 4. The highest BCUT2D eigenvalue weighted by atomic mass is 16.2. The molecule has 1 amide bonds. The Bertz CT molecular complexity index is 534. The third kappa shape index (κ3) is 4.87. The van der Waals surface area contributed by atoms with Gasteiger partial charge in [-0.1, -0.05) is 25.2 Å². The molecule has 1 aliphatic rings. The average molecular weight is 304 g/mol. The van der Waals surface area contributed by atoms with Gasteiger partial charge < -0.3 is 16.5 Å². The number of nitrogens with zero attached hydrogens (tertiary/aromatic N) is 2. The maximum atomic E-state index is 12.6. The van der Waals surface area contributed by atoms with E-state index in [1.165, 1.54) is 0 Å². The molecule has 4 N–H and O–H groups in total. The number of amidine groups is 1. The van der Waals surface area contributed by atoms with Gasteiger partial charge >= 0.3 is 0 Å². The summed E-state index contributed by atoms with van der Waals surface area (Å²) in [5.74, 6) is 5.50. The lowest BCUT2D eigenvalue weighted by Gasteiger charge is -2.26. The molecular formula is C16H24N4O2. The first-order valence-electron chi connectivity index (χ1n) is 7.42. The second-order valence-electron chi connectivity index (χ2n) is 5.01. The number of amides is 1. The number of hydrazone groups is 1. The van der Waals surface area contributed by atoms with Crippen LogP contribution in [0.15, 0.2) is 40.6 Å². The van der Waals surface area contributed by atoms with Gasteiger partial charge in [0.2, 0.25) is 0 Å². The lowest BCUT2D eigenvalue weighted by molar-refractivity contribution is -0.131. The Morgan fingerprint density at radius 1 is 1.32 bits per heavy atom. The Kier molecular flexibility index (Phi) is 7.08. The number of nitrogens with two attached hydrogens (primary N) is 2. The third-order valence-corrected chi connectivity index (χ3v) is 3.37. The van der Waals surface area contributed by atoms with Crippen molar-refractivity contribution < 1.29 is 9.59 Å². The molecule has 6 heteroatoms. The van der Waals surface area contributed by atoms with E-state index in [0.29, 0.717) is 37.1 Å². The zero-order valence-corrected chi connectivity index (χ0v) is 13.2. The second kappa shape index (κ2) is 8.81. The molecule has 0 aromatic carbocycles. The van der Waals surface area contributed by atoms with Crippen LogP contribution in [0.4, 0.5) is 0 Å². The van der Waals surface area contributed by atoms with Crippen LogP contribution < -0.4 is 11.6 Å². The van der Waals surface area contributed by atoms with Crippen molar-refractivity contribution in [3.8, 4) is 0 Å². The van der Waals surface area contributed by atoms with Crippen LogP contribution in [0.2, 0.25) is 0 Å². The monoisotopic (exact) mass is 304 g/mol. The summed E-state index contributed by atoms with van der Waals surface area (Å²) in [4.78, 5) is 25.6. The molecule has 1 aliphatic heterocycles. The van der Waals surface area contributed by atoms with E-state index < -0.39 is 0 Å². The van der Waals surface area contributed by atoms with Gasteiger partial charge in [-0.05, 0) is 19.4 Å². The maximum absolute atomic E-state index is 12.6. The summed E-state index contributed by atoms with van der Waals surface area (Å²) in [7, 11) is 0. The smallest absolute Gasteiger partial charge is 0.253 e. The summed E-state index contributed by atoms with van der Waals surface area (Å²) in [6.07, 6.45) is 8.65. The molecule has 1 saturated heterocycles. The molecule has 120 valence electrons. The highest BCUT2D eigenvalue weighted by molar-refractivity contribution is 6.04. The van der Waals surface area contributed by atoms with Crippen molar-refractivity contribution in [1.82, 2.24) is 4.90 Å². The lowest BCUT2D eigenvalue weighted by atomic mass is 10.0. The molecule has 0 radical (unpaired) electrons. The molecule has 1 rings (SSSR count). The van der Waals surface area contributed by atoms with Crippen LogP contribution in [0, 0.1) is 0 Å². The molecule has 22 heavy (non-hydrogen) atoms. The van der Waals surface area contributed by atoms with Crippen LogP contribution in [0.1, 0.15) is 33.1 Å². The highest BCUT2D eigenvalue weighted by Crippen LogP contribution is 2.14. The predicted octanol–water partition coefficient (Wildman–Crippen LogP) is 1.25. The predicted molar refractivity (Wildman–Crippen MR) is 87.9 cm³/mol. The standard InChI is InChI=1S/C16H24N4O2/c1-3-5-12(15(17)19-18)11-13(6-4-2)16(22)20-9-7-14(21)8-10-20/h4-6,11H,3,7-10,18H2,1-2H3,(H2,17,19)/b6-4-,12-5-,13-11-. The maximum Gasteiger partial charge on any atom is 0.253 e. The molecule has 1 fully saturated rings. The van der Waals surface area contributed by atoms with Crippen molar-refractivity contribution in [3.05, 3.63) is 35.5 Å². The number of allylic oxidation sites excluding steroid dienone is 2. The molecule has 0 saturated carbocycles. The SMILES string of the molecule is C\C=C/C(=C/C(=C/CC)C(/N)=N/N)C(=O)N1CCC(=O)CC1. The summed E-state index contributed by atoms with van der Waals surface area (Å²) in [6, 6.07) is 0. The number of piperidine rings is 1. The van der Waals surface area contributed by atoms with Crippen LogP contribution in [0.3, 0.4) is 0 Å². The van der Waals surface area contributed by atoms with E-state index in [2.05, 4.69) is 5.10 Å². The van der Waals surface area contributed by atoms with Crippen LogP contribution in [-0.2, 0) is 9.59 Å². The number of rotatable bonds is 5. The molecule has 1 heterocycles. The van der Waals surface area contributed by atoms with Gasteiger partial charge in [-0.25, -0.2) is 0 Å². The first kappa shape index (κ1) is 17.7. The Balaban J connectivity index is 3.05. The van der Waals surface area contributed by atoms with Crippen molar-refractivity contribution in [2.24, 2.45) is 16.7 Å². The van der Waals surface area contributed by atoms with Gasteiger partial charge in [0.25, 0.3) is 5.91 Å². The zero-order chi connectivity index (χ0) is 16.5. The number of likely N-dealkylation sites (tertiary alicyclic amines) is 1. The largest absolute Gasteiger partial charge is 0.382 e. The number of ketones is 1. The first-order chi connectivity index (χ1) is 10.5. The minimum absolute atomic E-state index is 0.113. The fourth-order valence-electron chi connectivity index (χ4n) is 2.20. The van der Waals surface area contributed by atoms with Crippen LogP contribution in [0.25, 0.3) is 0 Å². The lowest BCUT2D eigenvalue weighted by Crippen LogP contribution is -2.39. The molecule has 0 aromatic heterocycles. The molecule has 0 aromatic rings. The van der Waals surface area contributed by atoms with Crippen molar-refractivity contribution in [2.75, 3.05) is 13.1 Å². The van der Waals surface area contributed by atoms with Crippen LogP contribution >= 0.6 is 0 Å². The van der Waals surface area contributed by atoms with Gasteiger partial charge in [0.15, 0.2) is 0 Å². The van der Waals surface area contributed by atoms with Gasteiger partial charge in [-0.3, -0.25) is 9.59 Å². The number of Topliss-reactive ketones (excluding diaryl/α,β-unsaturated/α-hetero) is 1. The van der Waals surface area contributed by atoms with E-state index in [0.717, 1.165) is 6.42 Å². The van der Waals surface area contributed by atoms with Gasteiger partial charge in [-0.15, -0.1) is 0 Å². The van der Waals surface area contributed by atoms with E-state index in [1.807, 2.05) is 19.9 Å². The number of carbonyl (C=O) groups is 2. The van der Waals surface area contributed by atoms with E-state index >= 15 is 0 Å². The Morgan fingerprint density at radius 3 is 2.45 bits per heavy atom. The van der Waals surface area contributed by atoms with Crippen molar-refractivity contribution >= 4 is 17.5 Å². The summed E-state index contributed by atoms with van der Waals surface area (Å²) in [5, 5.41) is 3.49. The fraction of sp³-hybridized carbons (Fsp3) is 0.438. The number of hydrogen-bond donors (Lipinski definition) is 2. The molecule has 0 atom stereocenters. The second-order valence-corrected chi connectivity index (χ2v) is 5.01. The minimum Gasteiger partial charge on any atom is -0.382 e. The van der Waals surface area contributed by atoms with E-state index in [4.69, 9.17) is 11.6 Å². The summed E-state index contributed by atoms with van der Waals surface area (Å²) >= 11 is 0. The quantitative estimate of drug-likeness (QED) is 0.199. The van der Waals surface area contributed by atoms with Crippen LogP contribution in [0.5, 0.6) is 0 Å². The summed E-state index contributed by atoms with van der Waals surface area (Å²) in [6.45, 7) is 4.72. The van der Waals surface area contributed by atoms with E-state index in [-0.39, 0.29) is 17.5 Å². The van der Waals surface area contributed by atoms with Crippen molar-refractivity contribution in [3.63, 3.8) is 0 Å². The minimum atomic E-state index is -0.113.